The quantitative estimate of drug-likeness (QED) is 0.888. The van der Waals surface area contributed by atoms with Crippen LogP contribution in [0.2, 0.25) is 0 Å². The van der Waals surface area contributed by atoms with Crippen LogP contribution < -0.4 is 15.0 Å². The van der Waals surface area contributed by atoms with E-state index in [9.17, 15) is 14.0 Å². The standard InChI is InChI=1S/C20H21FN2O3/c1-13(2)26-17-9-5-15(6-10-17)22-20(25)18-11-12-19(24)23(18)16-7-3-14(21)4-8-16/h3-10,13,18H,11-12H2,1-2H3,(H,22,25). The van der Waals surface area contributed by atoms with E-state index in [0.717, 1.165) is 5.75 Å². The monoisotopic (exact) mass is 356 g/mol. The van der Waals surface area contributed by atoms with E-state index in [4.69, 9.17) is 4.74 Å². The maximum absolute atomic E-state index is 13.1. The fraction of sp³-hybridized carbons (Fsp3) is 0.300. The highest BCUT2D eigenvalue weighted by molar-refractivity contribution is 6.07. The summed E-state index contributed by atoms with van der Waals surface area (Å²) in [6.45, 7) is 3.88. The molecule has 1 heterocycles. The molecule has 2 aromatic carbocycles. The van der Waals surface area contributed by atoms with E-state index in [1.54, 1.807) is 24.3 Å². The van der Waals surface area contributed by atoms with Crippen molar-refractivity contribution in [2.24, 2.45) is 0 Å². The number of anilines is 2. The Morgan fingerprint density at radius 1 is 1.15 bits per heavy atom. The van der Waals surface area contributed by atoms with Crippen molar-refractivity contribution >= 4 is 23.2 Å². The molecule has 0 saturated carbocycles. The van der Waals surface area contributed by atoms with Gasteiger partial charge in [0.1, 0.15) is 17.6 Å². The molecule has 1 aliphatic heterocycles. The first kappa shape index (κ1) is 17.9. The minimum Gasteiger partial charge on any atom is -0.491 e. The smallest absolute Gasteiger partial charge is 0.247 e. The lowest BCUT2D eigenvalue weighted by Gasteiger charge is -2.24. The molecule has 1 unspecified atom stereocenters. The van der Waals surface area contributed by atoms with E-state index in [1.807, 2.05) is 13.8 Å². The number of ether oxygens (including phenoxy) is 1. The zero-order valence-electron chi connectivity index (χ0n) is 14.7. The highest BCUT2D eigenvalue weighted by Gasteiger charge is 2.37. The number of carbonyl (C=O) groups is 2. The Kier molecular flexibility index (Phi) is 5.21. The highest BCUT2D eigenvalue weighted by Crippen LogP contribution is 2.28. The van der Waals surface area contributed by atoms with Crippen LogP contribution in [0.3, 0.4) is 0 Å². The van der Waals surface area contributed by atoms with Gasteiger partial charge in [0.15, 0.2) is 0 Å². The van der Waals surface area contributed by atoms with E-state index in [-0.39, 0.29) is 30.2 Å². The molecule has 2 aromatic rings. The lowest BCUT2D eigenvalue weighted by Crippen LogP contribution is -2.41. The highest BCUT2D eigenvalue weighted by atomic mass is 19.1. The van der Waals surface area contributed by atoms with Crippen LogP contribution in [0.1, 0.15) is 26.7 Å². The maximum Gasteiger partial charge on any atom is 0.247 e. The number of nitrogens with zero attached hydrogens (tertiary/aromatic N) is 1. The number of halogens is 1. The third kappa shape index (κ3) is 4.02. The molecule has 5 nitrogen and oxygen atoms in total. The second-order valence-corrected chi connectivity index (χ2v) is 6.47. The first-order chi connectivity index (χ1) is 12.4. The molecular formula is C20H21FN2O3. The molecule has 0 bridgehead atoms. The largest absolute Gasteiger partial charge is 0.491 e. The summed E-state index contributed by atoms with van der Waals surface area (Å²) in [5.41, 5.74) is 1.15. The molecule has 2 amide bonds. The molecule has 136 valence electrons. The van der Waals surface area contributed by atoms with Crippen molar-refractivity contribution in [3.63, 3.8) is 0 Å². The Labute approximate surface area is 151 Å². The Bertz CT molecular complexity index is 788. The maximum atomic E-state index is 13.1. The summed E-state index contributed by atoms with van der Waals surface area (Å²) in [6, 6.07) is 12.1. The second-order valence-electron chi connectivity index (χ2n) is 6.47. The Morgan fingerprint density at radius 2 is 1.81 bits per heavy atom. The zero-order valence-corrected chi connectivity index (χ0v) is 14.7. The van der Waals surface area contributed by atoms with E-state index >= 15 is 0 Å². The summed E-state index contributed by atoms with van der Waals surface area (Å²) >= 11 is 0. The van der Waals surface area contributed by atoms with Gasteiger partial charge in [-0.3, -0.25) is 14.5 Å². The molecule has 0 spiro atoms. The number of hydrogen-bond acceptors (Lipinski definition) is 3. The molecule has 0 radical (unpaired) electrons. The van der Waals surface area contributed by atoms with E-state index in [1.165, 1.54) is 29.2 Å². The van der Waals surface area contributed by atoms with E-state index in [2.05, 4.69) is 5.32 Å². The van der Waals surface area contributed by atoms with Gasteiger partial charge < -0.3 is 10.1 Å². The molecule has 1 fully saturated rings. The molecule has 1 aliphatic rings. The van der Waals surface area contributed by atoms with Gasteiger partial charge in [-0.05, 0) is 68.8 Å². The lowest BCUT2D eigenvalue weighted by molar-refractivity contribution is -0.120. The minimum atomic E-state index is -0.612. The topological polar surface area (TPSA) is 58.6 Å². The number of benzene rings is 2. The number of rotatable bonds is 5. The number of hydrogen-bond donors (Lipinski definition) is 1. The summed E-state index contributed by atoms with van der Waals surface area (Å²) < 4.78 is 18.7. The molecule has 26 heavy (non-hydrogen) atoms. The molecule has 3 rings (SSSR count). The van der Waals surface area contributed by atoms with Gasteiger partial charge in [0, 0.05) is 17.8 Å². The SMILES string of the molecule is CC(C)Oc1ccc(NC(=O)C2CCC(=O)N2c2ccc(F)cc2)cc1. The molecule has 1 N–H and O–H groups in total. The van der Waals surface area contributed by atoms with Crippen LogP contribution in [0.25, 0.3) is 0 Å². The fourth-order valence-corrected chi connectivity index (χ4v) is 2.97. The predicted octanol–water partition coefficient (Wildman–Crippen LogP) is 3.75. The van der Waals surface area contributed by atoms with Gasteiger partial charge in [-0.2, -0.15) is 0 Å². The molecular weight excluding hydrogens is 335 g/mol. The third-order valence-corrected chi connectivity index (χ3v) is 4.11. The Balaban J connectivity index is 1.72. The lowest BCUT2D eigenvalue weighted by atomic mass is 10.2. The van der Waals surface area contributed by atoms with Gasteiger partial charge in [-0.25, -0.2) is 4.39 Å². The summed E-state index contributed by atoms with van der Waals surface area (Å²) in [5.74, 6) is -0.0674. The number of carbonyl (C=O) groups excluding carboxylic acids is 2. The Morgan fingerprint density at radius 3 is 2.42 bits per heavy atom. The molecule has 0 aromatic heterocycles. The average molecular weight is 356 g/mol. The van der Waals surface area contributed by atoms with Crippen molar-refractivity contribution in [1.29, 1.82) is 0 Å². The van der Waals surface area contributed by atoms with Gasteiger partial charge in [0.25, 0.3) is 0 Å². The van der Waals surface area contributed by atoms with Crippen molar-refractivity contribution < 1.29 is 18.7 Å². The van der Waals surface area contributed by atoms with Gasteiger partial charge >= 0.3 is 0 Å². The van der Waals surface area contributed by atoms with Crippen LogP contribution in [0.5, 0.6) is 5.75 Å². The number of amides is 2. The normalized spacial score (nSPS) is 16.8. The average Bonchev–Trinajstić information content (AvgIpc) is 2.99. The number of nitrogens with one attached hydrogen (secondary N) is 1. The predicted molar refractivity (Wildman–Crippen MR) is 97.7 cm³/mol. The van der Waals surface area contributed by atoms with Gasteiger partial charge in [-0.1, -0.05) is 0 Å². The van der Waals surface area contributed by atoms with Crippen LogP contribution in [0.4, 0.5) is 15.8 Å². The van der Waals surface area contributed by atoms with Crippen LogP contribution in [0.15, 0.2) is 48.5 Å². The van der Waals surface area contributed by atoms with Crippen LogP contribution in [-0.2, 0) is 9.59 Å². The summed E-state index contributed by atoms with van der Waals surface area (Å²) in [5, 5.41) is 2.83. The van der Waals surface area contributed by atoms with Gasteiger partial charge in [0.05, 0.1) is 6.10 Å². The molecule has 1 saturated heterocycles. The Hall–Kier alpha value is -2.89. The fourth-order valence-electron chi connectivity index (χ4n) is 2.97. The van der Waals surface area contributed by atoms with Crippen molar-refractivity contribution in [2.75, 3.05) is 10.2 Å². The van der Waals surface area contributed by atoms with Crippen molar-refractivity contribution in [2.45, 2.75) is 38.8 Å². The van der Waals surface area contributed by atoms with Crippen LogP contribution in [-0.4, -0.2) is 24.0 Å². The van der Waals surface area contributed by atoms with Crippen molar-refractivity contribution in [1.82, 2.24) is 0 Å². The van der Waals surface area contributed by atoms with Gasteiger partial charge in [0.2, 0.25) is 11.8 Å². The molecule has 0 aliphatic carbocycles. The van der Waals surface area contributed by atoms with E-state index < -0.39 is 6.04 Å². The summed E-state index contributed by atoms with van der Waals surface area (Å²) in [6.07, 6.45) is 0.789. The second kappa shape index (κ2) is 7.56. The zero-order chi connectivity index (χ0) is 18.7. The minimum absolute atomic E-state index is 0.0733. The first-order valence-corrected chi connectivity index (χ1v) is 8.59. The van der Waals surface area contributed by atoms with Gasteiger partial charge in [-0.15, -0.1) is 0 Å². The van der Waals surface area contributed by atoms with Crippen molar-refractivity contribution in [3.8, 4) is 5.75 Å². The first-order valence-electron chi connectivity index (χ1n) is 8.59. The third-order valence-electron chi connectivity index (χ3n) is 4.11. The van der Waals surface area contributed by atoms with E-state index in [0.29, 0.717) is 17.8 Å². The van der Waals surface area contributed by atoms with Crippen molar-refractivity contribution in [3.05, 3.63) is 54.3 Å². The van der Waals surface area contributed by atoms with Crippen LogP contribution >= 0.6 is 0 Å². The summed E-state index contributed by atoms with van der Waals surface area (Å²) in [4.78, 5) is 26.3. The summed E-state index contributed by atoms with van der Waals surface area (Å²) in [7, 11) is 0. The molecule has 6 heteroatoms. The van der Waals surface area contributed by atoms with Crippen LogP contribution in [0, 0.1) is 5.82 Å². The molecule has 1 atom stereocenters.